The molecule has 1 atom stereocenters. The molecular formula is C19H38N2O4. The molecule has 0 aromatic carbocycles. The van der Waals surface area contributed by atoms with Crippen LogP contribution in [0.2, 0.25) is 0 Å². The number of hydrogen-bond donors (Lipinski definition) is 2. The molecule has 0 aliphatic heterocycles. The highest BCUT2D eigenvalue weighted by Gasteiger charge is 2.24. The summed E-state index contributed by atoms with van der Waals surface area (Å²) in [5.74, 6) is -0.218. The molecule has 1 amide bonds. The van der Waals surface area contributed by atoms with Gasteiger partial charge in [-0.25, -0.2) is 0 Å². The molecule has 2 N–H and O–H groups in total. The van der Waals surface area contributed by atoms with Crippen LogP contribution in [0.15, 0.2) is 0 Å². The number of amides is 1. The predicted molar refractivity (Wildman–Crippen MR) is 100 cm³/mol. The molecule has 0 aromatic rings. The minimum absolute atomic E-state index is 0.0173. The van der Waals surface area contributed by atoms with Crippen molar-refractivity contribution in [3.8, 4) is 0 Å². The topological polar surface area (TPSA) is 76.7 Å². The van der Waals surface area contributed by atoms with Gasteiger partial charge in [-0.2, -0.15) is 0 Å². The Balaban J connectivity index is 3.98. The molecule has 6 heteroatoms. The monoisotopic (exact) mass is 358 g/mol. The van der Waals surface area contributed by atoms with E-state index < -0.39 is 5.79 Å². The first-order valence-electron chi connectivity index (χ1n) is 9.16. The number of carbonyl (C=O) groups is 2. The van der Waals surface area contributed by atoms with Crippen molar-refractivity contribution in [3.05, 3.63) is 0 Å². The van der Waals surface area contributed by atoms with E-state index in [1.807, 2.05) is 20.9 Å². The highest BCUT2D eigenvalue weighted by Crippen LogP contribution is 2.30. The van der Waals surface area contributed by atoms with Crippen LogP contribution in [0.5, 0.6) is 0 Å². The molecule has 6 nitrogen and oxygen atoms in total. The summed E-state index contributed by atoms with van der Waals surface area (Å²) < 4.78 is 11.3. The fourth-order valence-corrected chi connectivity index (χ4v) is 3.08. The van der Waals surface area contributed by atoms with Crippen LogP contribution in [0, 0.1) is 11.3 Å². The van der Waals surface area contributed by atoms with E-state index in [-0.39, 0.29) is 23.0 Å². The van der Waals surface area contributed by atoms with Gasteiger partial charge in [0.2, 0.25) is 5.91 Å². The third-order valence-corrected chi connectivity index (χ3v) is 3.84. The Morgan fingerprint density at radius 3 is 2.12 bits per heavy atom. The Labute approximate surface area is 153 Å². The van der Waals surface area contributed by atoms with Crippen LogP contribution < -0.4 is 10.6 Å². The lowest BCUT2D eigenvalue weighted by Gasteiger charge is -2.27. The normalized spacial score (nSPS) is 13.6. The first-order chi connectivity index (χ1) is 11.5. The molecule has 0 radical (unpaired) electrons. The van der Waals surface area contributed by atoms with Gasteiger partial charge in [-0.05, 0) is 45.6 Å². The average molecular weight is 359 g/mol. The van der Waals surface area contributed by atoms with E-state index in [1.165, 1.54) is 0 Å². The Bertz CT molecular complexity index is 408. The fourth-order valence-electron chi connectivity index (χ4n) is 3.08. The molecule has 0 fully saturated rings. The van der Waals surface area contributed by atoms with Crippen LogP contribution in [0.4, 0.5) is 0 Å². The highest BCUT2D eigenvalue weighted by atomic mass is 16.7. The molecule has 1 unspecified atom stereocenters. The number of nitrogens with one attached hydrogen (secondary N) is 2. The zero-order valence-corrected chi connectivity index (χ0v) is 17.2. The van der Waals surface area contributed by atoms with Crippen molar-refractivity contribution in [3.63, 3.8) is 0 Å². The van der Waals surface area contributed by atoms with E-state index in [9.17, 15) is 9.59 Å². The van der Waals surface area contributed by atoms with Gasteiger partial charge in [-0.3, -0.25) is 4.79 Å². The highest BCUT2D eigenvalue weighted by molar-refractivity contribution is 5.76. The summed E-state index contributed by atoms with van der Waals surface area (Å²) in [6.07, 6.45) is 1.86. The van der Waals surface area contributed by atoms with E-state index in [4.69, 9.17) is 9.47 Å². The van der Waals surface area contributed by atoms with Crippen LogP contribution >= 0.6 is 0 Å². The Hall–Kier alpha value is -0.980. The Morgan fingerprint density at radius 2 is 1.60 bits per heavy atom. The molecule has 0 aromatic heterocycles. The summed E-state index contributed by atoms with van der Waals surface area (Å²) in [7, 11) is 1.87. The summed E-state index contributed by atoms with van der Waals surface area (Å²) in [6.45, 7) is 13.8. The second-order valence-corrected chi connectivity index (χ2v) is 8.11. The minimum Gasteiger partial charge on any atom is -0.354 e. The number of likely N-dealkylation sites (N-methyl/N-ethyl adjacent to an activating group) is 1. The molecule has 25 heavy (non-hydrogen) atoms. The molecule has 0 saturated carbocycles. The van der Waals surface area contributed by atoms with Crippen molar-refractivity contribution in [2.75, 3.05) is 33.4 Å². The van der Waals surface area contributed by atoms with Crippen molar-refractivity contribution in [2.45, 2.75) is 66.6 Å². The zero-order valence-electron chi connectivity index (χ0n) is 17.2. The summed E-state index contributed by atoms with van der Waals surface area (Å²) in [6, 6.07) is 0. The van der Waals surface area contributed by atoms with E-state index in [0.29, 0.717) is 32.6 Å². The van der Waals surface area contributed by atoms with Gasteiger partial charge in [0.05, 0.1) is 13.2 Å². The Kier molecular flexibility index (Phi) is 11.1. The number of ketones is 1. The SMILES string of the molecule is CNCCOC(C)(C)OCCNC(=O)CC(C)CC(C)(C)CC(C)=O. The third kappa shape index (κ3) is 13.9. The quantitative estimate of drug-likeness (QED) is 0.369. The molecule has 0 rings (SSSR count). The molecular weight excluding hydrogens is 320 g/mol. The third-order valence-electron chi connectivity index (χ3n) is 3.84. The fraction of sp³-hybridized carbons (Fsp3) is 0.895. The van der Waals surface area contributed by atoms with Crippen molar-refractivity contribution in [1.29, 1.82) is 0 Å². The molecule has 0 aliphatic carbocycles. The van der Waals surface area contributed by atoms with Gasteiger partial charge in [-0.15, -0.1) is 0 Å². The summed E-state index contributed by atoms with van der Waals surface area (Å²) in [5, 5.41) is 5.89. The first kappa shape index (κ1) is 24.0. The lowest BCUT2D eigenvalue weighted by molar-refractivity contribution is -0.211. The van der Waals surface area contributed by atoms with Gasteiger partial charge < -0.3 is 24.9 Å². The van der Waals surface area contributed by atoms with Crippen LogP contribution in [0.3, 0.4) is 0 Å². The van der Waals surface area contributed by atoms with Crippen molar-refractivity contribution >= 4 is 11.7 Å². The second kappa shape index (κ2) is 11.6. The lowest BCUT2D eigenvalue weighted by Crippen LogP contribution is -2.35. The Morgan fingerprint density at radius 1 is 1.04 bits per heavy atom. The number of carbonyl (C=O) groups excluding carboxylic acids is 2. The van der Waals surface area contributed by atoms with Crippen molar-refractivity contribution in [1.82, 2.24) is 10.6 Å². The summed E-state index contributed by atoms with van der Waals surface area (Å²) in [4.78, 5) is 23.3. The minimum atomic E-state index is -0.661. The van der Waals surface area contributed by atoms with E-state index in [1.54, 1.807) is 6.92 Å². The van der Waals surface area contributed by atoms with Crippen LogP contribution in [-0.4, -0.2) is 50.8 Å². The summed E-state index contributed by atoms with van der Waals surface area (Å²) in [5.41, 5.74) is -0.0661. The van der Waals surface area contributed by atoms with Crippen LogP contribution in [0.25, 0.3) is 0 Å². The van der Waals surface area contributed by atoms with Crippen LogP contribution in [-0.2, 0) is 19.1 Å². The van der Waals surface area contributed by atoms with Gasteiger partial charge in [-0.1, -0.05) is 20.8 Å². The molecule has 0 bridgehead atoms. The van der Waals surface area contributed by atoms with E-state index >= 15 is 0 Å². The van der Waals surface area contributed by atoms with Crippen molar-refractivity contribution in [2.24, 2.45) is 11.3 Å². The van der Waals surface area contributed by atoms with E-state index in [0.717, 1.165) is 13.0 Å². The van der Waals surface area contributed by atoms with Gasteiger partial charge in [0, 0.05) is 25.9 Å². The molecule has 0 saturated heterocycles. The number of rotatable bonds is 14. The van der Waals surface area contributed by atoms with Crippen LogP contribution in [0.1, 0.15) is 60.8 Å². The standard InChI is InChI=1S/C19H38N2O4/c1-15(13-18(3,4)14-16(2)22)12-17(23)21-9-11-25-19(5,6)24-10-8-20-7/h15,20H,8-14H2,1-7H3,(H,21,23). The molecule has 0 spiro atoms. The van der Waals surface area contributed by atoms with Gasteiger partial charge >= 0.3 is 0 Å². The first-order valence-corrected chi connectivity index (χ1v) is 9.16. The van der Waals surface area contributed by atoms with Gasteiger partial charge in [0.15, 0.2) is 5.79 Å². The van der Waals surface area contributed by atoms with Gasteiger partial charge in [0.25, 0.3) is 0 Å². The van der Waals surface area contributed by atoms with E-state index in [2.05, 4.69) is 31.4 Å². The van der Waals surface area contributed by atoms with Gasteiger partial charge in [0.1, 0.15) is 5.78 Å². The zero-order chi connectivity index (χ0) is 19.5. The largest absolute Gasteiger partial charge is 0.354 e. The second-order valence-electron chi connectivity index (χ2n) is 8.11. The molecule has 0 heterocycles. The number of Topliss-reactive ketones (excluding diaryl/α,β-unsaturated/α-hetero) is 1. The smallest absolute Gasteiger partial charge is 0.220 e. The predicted octanol–water partition coefficient (Wildman–Crippen LogP) is 2.51. The molecule has 0 aliphatic rings. The number of ether oxygens (including phenoxy) is 2. The maximum Gasteiger partial charge on any atom is 0.220 e. The maximum atomic E-state index is 12.0. The number of hydrogen-bond acceptors (Lipinski definition) is 5. The lowest BCUT2D eigenvalue weighted by atomic mass is 9.78. The average Bonchev–Trinajstić information content (AvgIpc) is 2.41. The molecule has 148 valence electrons. The maximum absolute atomic E-state index is 12.0. The van der Waals surface area contributed by atoms with Crippen molar-refractivity contribution < 1.29 is 19.1 Å². The summed E-state index contributed by atoms with van der Waals surface area (Å²) >= 11 is 0.